The summed E-state index contributed by atoms with van der Waals surface area (Å²) in [5, 5.41) is 3.81. The van der Waals surface area contributed by atoms with Crippen molar-refractivity contribution in [3.8, 4) is 5.75 Å². The standard InChI is InChI=1S/C28H24F3N3O6S/c1-3-39-27(36)20-10-14-23(15-11-20)41(37,38)34(17-19-8-12-22(13-9-19)40-28(29,30)31)26-25(33-18(2)35)24-7-5-4-6-21(24)16-32-26/h4-16H,3,17H2,1-2H3,(H,33,35). The number of carbonyl (C=O) groups is 2. The summed E-state index contributed by atoms with van der Waals surface area (Å²) < 4.78 is 75.8. The Bertz CT molecular complexity index is 1680. The van der Waals surface area contributed by atoms with E-state index in [2.05, 4.69) is 15.0 Å². The van der Waals surface area contributed by atoms with Crippen LogP contribution in [0.4, 0.5) is 24.7 Å². The van der Waals surface area contributed by atoms with Crippen molar-refractivity contribution < 1.29 is 40.7 Å². The molecule has 0 unspecified atom stereocenters. The van der Waals surface area contributed by atoms with Crippen LogP contribution in [-0.4, -0.2) is 38.2 Å². The normalized spacial score (nSPS) is 11.6. The Labute approximate surface area is 233 Å². The molecule has 0 saturated carbocycles. The molecule has 41 heavy (non-hydrogen) atoms. The molecule has 4 rings (SSSR count). The van der Waals surface area contributed by atoms with E-state index < -0.39 is 34.0 Å². The zero-order chi connectivity index (χ0) is 29.8. The summed E-state index contributed by atoms with van der Waals surface area (Å²) in [7, 11) is -4.42. The molecule has 0 bridgehead atoms. The molecule has 1 N–H and O–H groups in total. The summed E-state index contributed by atoms with van der Waals surface area (Å²) in [6, 6.07) is 16.6. The minimum absolute atomic E-state index is 0.121. The molecule has 0 atom stereocenters. The van der Waals surface area contributed by atoms with Crippen LogP contribution in [-0.2, 0) is 26.1 Å². The van der Waals surface area contributed by atoms with Crippen LogP contribution in [0.15, 0.2) is 83.9 Å². The predicted molar refractivity (Wildman–Crippen MR) is 145 cm³/mol. The molecule has 9 nitrogen and oxygen atoms in total. The summed E-state index contributed by atoms with van der Waals surface area (Å²) in [5.41, 5.74) is 0.565. The van der Waals surface area contributed by atoms with E-state index in [1.807, 2.05) is 0 Å². The highest BCUT2D eigenvalue weighted by Crippen LogP contribution is 2.36. The number of carbonyl (C=O) groups excluding carboxylic acids is 2. The zero-order valence-corrected chi connectivity index (χ0v) is 22.6. The summed E-state index contributed by atoms with van der Waals surface area (Å²) in [6.45, 7) is 2.67. The fourth-order valence-corrected chi connectivity index (χ4v) is 5.40. The number of anilines is 2. The van der Waals surface area contributed by atoms with E-state index in [4.69, 9.17) is 4.74 Å². The number of nitrogens with one attached hydrogen (secondary N) is 1. The van der Waals surface area contributed by atoms with Crippen LogP contribution < -0.4 is 14.4 Å². The van der Waals surface area contributed by atoms with Crippen molar-refractivity contribution in [1.82, 2.24) is 4.98 Å². The molecule has 3 aromatic carbocycles. The van der Waals surface area contributed by atoms with Crippen LogP contribution in [0.25, 0.3) is 10.8 Å². The van der Waals surface area contributed by atoms with Crippen LogP contribution in [0.2, 0.25) is 0 Å². The lowest BCUT2D eigenvalue weighted by Crippen LogP contribution is -2.32. The topological polar surface area (TPSA) is 115 Å². The number of nitrogens with zero attached hydrogens (tertiary/aromatic N) is 2. The van der Waals surface area contributed by atoms with Crippen molar-refractivity contribution in [3.05, 3.63) is 90.1 Å². The van der Waals surface area contributed by atoms with Gasteiger partial charge in [-0.05, 0) is 48.9 Å². The fourth-order valence-electron chi connectivity index (χ4n) is 3.98. The molecule has 1 aromatic heterocycles. The molecular weight excluding hydrogens is 563 g/mol. The number of pyridine rings is 1. The molecule has 0 aliphatic rings. The molecule has 13 heteroatoms. The van der Waals surface area contributed by atoms with Gasteiger partial charge in [-0.1, -0.05) is 36.4 Å². The largest absolute Gasteiger partial charge is 0.573 e. The molecule has 1 amide bonds. The van der Waals surface area contributed by atoms with E-state index in [-0.39, 0.29) is 35.1 Å². The van der Waals surface area contributed by atoms with Crippen LogP contribution in [0.5, 0.6) is 5.75 Å². The average molecular weight is 588 g/mol. The number of halogens is 3. The second-order valence-corrected chi connectivity index (χ2v) is 10.5. The van der Waals surface area contributed by atoms with Gasteiger partial charge in [-0.2, -0.15) is 0 Å². The Kier molecular flexibility index (Phi) is 8.47. The molecule has 0 fully saturated rings. The van der Waals surface area contributed by atoms with E-state index in [0.717, 1.165) is 16.4 Å². The van der Waals surface area contributed by atoms with E-state index in [0.29, 0.717) is 16.3 Å². The number of esters is 1. The smallest absolute Gasteiger partial charge is 0.462 e. The Morgan fingerprint density at radius 2 is 1.63 bits per heavy atom. The quantitative estimate of drug-likeness (QED) is 0.251. The summed E-state index contributed by atoms with van der Waals surface area (Å²) in [4.78, 5) is 28.4. The fraction of sp³-hybridized carbons (Fsp3) is 0.179. The average Bonchev–Trinajstić information content (AvgIpc) is 2.92. The number of hydrogen-bond donors (Lipinski definition) is 1. The highest BCUT2D eigenvalue weighted by molar-refractivity contribution is 7.92. The van der Waals surface area contributed by atoms with Crippen molar-refractivity contribution in [2.24, 2.45) is 0 Å². The van der Waals surface area contributed by atoms with Crippen LogP contribution in [0, 0.1) is 0 Å². The molecule has 4 aromatic rings. The number of benzene rings is 3. The number of alkyl halides is 3. The number of fused-ring (bicyclic) bond motifs is 1. The van der Waals surface area contributed by atoms with Crippen LogP contribution in [0.1, 0.15) is 29.8 Å². The Morgan fingerprint density at radius 3 is 2.24 bits per heavy atom. The van der Waals surface area contributed by atoms with Gasteiger partial charge >= 0.3 is 12.3 Å². The van der Waals surface area contributed by atoms with Gasteiger partial charge in [-0.15, -0.1) is 13.2 Å². The second kappa shape index (κ2) is 11.8. The summed E-state index contributed by atoms with van der Waals surface area (Å²) in [6.07, 6.45) is -3.45. The first kappa shape index (κ1) is 29.3. The van der Waals surface area contributed by atoms with Crippen molar-refractivity contribution >= 4 is 44.2 Å². The number of amides is 1. The van der Waals surface area contributed by atoms with Crippen molar-refractivity contribution in [2.45, 2.75) is 31.7 Å². The third kappa shape index (κ3) is 6.92. The van der Waals surface area contributed by atoms with Gasteiger partial charge in [0, 0.05) is 23.9 Å². The van der Waals surface area contributed by atoms with E-state index in [1.54, 1.807) is 31.2 Å². The minimum Gasteiger partial charge on any atom is -0.462 e. The highest BCUT2D eigenvalue weighted by Gasteiger charge is 2.32. The molecule has 0 aliphatic carbocycles. The number of hydrogen-bond acceptors (Lipinski definition) is 7. The van der Waals surface area contributed by atoms with Crippen molar-refractivity contribution in [3.63, 3.8) is 0 Å². The number of rotatable bonds is 9. The predicted octanol–water partition coefficient (Wildman–Crippen LogP) is 5.66. The van der Waals surface area contributed by atoms with Gasteiger partial charge in [-0.3, -0.25) is 4.79 Å². The number of sulfonamides is 1. The summed E-state index contributed by atoms with van der Waals surface area (Å²) in [5.74, 6) is -1.70. The first-order valence-electron chi connectivity index (χ1n) is 12.2. The van der Waals surface area contributed by atoms with Gasteiger partial charge in [-0.25, -0.2) is 22.5 Å². The minimum atomic E-state index is -4.89. The lowest BCUT2D eigenvalue weighted by molar-refractivity contribution is -0.274. The van der Waals surface area contributed by atoms with Crippen LogP contribution >= 0.6 is 0 Å². The Morgan fingerprint density at radius 1 is 0.976 bits per heavy atom. The van der Waals surface area contributed by atoms with Gasteiger partial charge in [0.15, 0.2) is 5.82 Å². The Hall–Kier alpha value is -4.65. The third-order valence-corrected chi connectivity index (χ3v) is 7.50. The molecule has 1 heterocycles. The third-order valence-electron chi connectivity index (χ3n) is 5.75. The maximum atomic E-state index is 14.1. The second-order valence-electron chi connectivity index (χ2n) is 8.67. The van der Waals surface area contributed by atoms with Crippen molar-refractivity contribution in [2.75, 3.05) is 16.2 Å². The van der Waals surface area contributed by atoms with E-state index in [1.165, 1.54) is 49.5 Å². The molecule has 0 spiro atoms. The first-order valence-corrected chi connectivity index (χ1v) is 13.6. The molecule has 214 valence electrons. The molecule has 0 aliphatic heterocycles. The van der Waals surface area contributed by atoms with Crippen LogP contribution in [0.3, 0.4) is 0 Å². The number of ether oxygens (including phenoxy) is 2. The zero-order valence-electron chi connectivity index (χ0n) is 21.8. The SMILES string of the molecule is CCOC(=O)c1ccc(S(=O)(=O)N(Cc2ccc(OC(F)(F)F)cc2)c2ncc3ccccc3c2NC(C)=O)cc1. The lowest BCUT2D eigenvalue weighted by atomic mass is 10.1. The van der Waals surface area contributed by atoms with E-state index in [9.17, 15) is 31.2 Å². The first-order chi connectivity index (χ1) is 19.4. The van der Waals surface area contributed by atoms with Crippen molar-refractivity contribution in [1.29, 1.82) is 0 Å². The highest BCUT2D eigenvalue weighted by atomic mass is 32.2. The van der Waals surface area contributed by atoms with Gasteiger partial charge in [0.2, 0.25) is 5.91 Å². The maximum Gasteiger partial charge on any atom is 0.573 e. The van der Waals surface area contributed by atoms with Gasteiger partial charge in [0.1, 0.15) is 5.75 Å². The van der Waals surface area contributed by atoms with Gasteiger partial charge in [0.05, 0.1) is 29.3 Å². The summed E-state index contributed by atoms with van der Waals surface area (Å²) >= 11 is 0. The monoisotopic (exact) mass is 587 g/mol. The lowest BCUT2D eigenvalue weighted by Gasteiger charge is -2.26. The van der Waals surface area contributed by atoms with Gasteiger partial charge < -0.3 is 14.8 Å². The van der Waals surface area contributed by atoms with E-state index >= 15 is 0 Å². The maximum absolute atomic E-state index is 14.1. The molecule has 0 saturated heterocycles. The Balaban J connectivity index is 1.84. The molecule has 0 radical (unpaired) electrons. The molecular formula is C28H24F3N3O6S. The number of aromatic nitrogens is 1. The van der Waals surface area contributed by atoms with Gasteiger partial charge in [0.25, 0.3) is 10.0 Å².